The van der Waals surface area contributed by atoms with Crippen LogP contribution < -0.4 is 0 Å². The van der Waals surface area contributed by atoms with Crippen LogP contribution >= 0.6 is 0 Å². The molecule has 2 nitrogen and oxygen atoms in total. The average Bonchev–Trinajstić information content (AvgIpc) is 3.59. The molecule has 0 aliphatic rings. The smallest absolute Gasteiger partial charge is 0.143 e. The van der Waals surface area contributed by atoms with Crippen molar-refractivity contribution in [1.29, 1.82) is 0 Å². The van der Waals surface area contributed by atoms with E-state index in [1.807, 2.05) is 12.1 Å². The molecule has 2 aromatic heterocycles. The van der Waals surface area contributed by atoms with Gasteiger partial charge in [0.1, 0.15) is 22.3 Å². The van der Waals surface area contributed by atoms with E-state index in [0.29, 0.717) is 0 Å². The summed E-state index contributed by atoms with van der Waals surface area (Å²) in [5, 5.41) is 9.39. The molecular formula is C40H26O2. The van der Waals surface area contributed by atoms with E-state index in [1.54, 1.807) is 0 Å². The Morgan fingerprint density at radius 1 is 0.357 bits per heavy atom. The largest absolute Gasteiger partial charge is 0.455 e. The number of aryl methyl sites for hydroxylation is 2. The molecule has 9 rings (SSSR count). The Labute approximate surface area is 242 Å². The molecule has 9 aromatic rings. The fourth-order valence-corrected chi connectivity index (χ4v) is 6.92. The molecule has 0 saturated heterocycles. The molecule has 198 valence electrons. The molecule has 0 atom stereocenters. The summed E-state index contributed by atoms with van der Waals surface area (Å²) < 4.78 is 13.2. The van der Waals surface area contributed by atoms with Gasteiger partial charge in [0.15, 0.2) is 0 Å². The molecule has 0 fully saturated rings. The Morgan fingerprint density at radius 3 is 1.26 bits per heavy atom. The minimum Gasteiger partial charge on any atom is -0.455 e. The maximum absolute atomic E-state index is 6.58. The molecule has 0 aliphatic heterocycles. The standard InChI is InChI=1S/C40H26O2/c1-23-17-19-27-33(21-23)37(31-13-7-11-29-25-9-3-5-15-35(25)41-39(29)31)28-20-18-24(2)22-34(28)38(27)32-14-8-12-30-26-10-4-6-16-36(26)42-40(30)32/h3-22H,1-2H3. The number of hydrogen-bond acceptors (Lipinski definition) is 2. The maximum atomic E-state index is 6.58. The van der Waals surface area contributed by atoms with Crippen LogP contribution in [0.2, 0.25) is 0 Å². The summed E-state index contributed by atoms with van der Waals surface area (Å²) in [6.07, 6.45) is 0. The number of rotatable bonds is 2. The lowest BCUT2D eigenvalue weighted by atomic mass is 9.84. The number of furan rings is 2. The molecule has 2 heterocycles. The van der Waals surface area contributed by atoms with Crippen LogP contribution in [-0.4, -0.2) is 0 Å². The summed E-state index contributed by atoms with van der Waals surface area (Å²) in [6, 6.07) is 43.4. The lowest BCUT2D eigenvalue weighted by Gasteiger charge is -2.19. The van der Waals surface area contributed by atoms with Crippen LogP contribution in [0, 0.1) is 13.8 Å². The first-order chi connectivity index (χ1) is 20.7. The van der Waals surface area contributed by atoms with Crippen LogP contribution in [0.5, 0.6) is 0 Å². The van der Waals surface area contributed by atoms with Gasteiger partial charge in [-0.15, -0.1) is 0 Å². The second-order valence-electron chi connectivity index (χ2n) is 11.4. The highest BCUT2D eigenvalue weighted by atomic mass is 16.3. The van der Waals surface area contributed by atoms with E-state index in [1.165, 1.54) is 43.8 Å². The maximum Gasteiger partial charge on any atom is 0.143 e. The first-order valence-electron chi connectivity index (χ1n) is 14.4. The summed E-state index contributed by atoms with van der Waals surface area (Å²) >= 11 is 0. The minimum absolute atomic E-state index is 0.911. The van der Waals surface area contributed by atoms with Crippen LogP contribution in [-0.2, 0) is 0 Å². The van der Waals surface area contributed by atoms with E-state index >= 15 is 0 Å². The molecule has 0 N–H and O–H groups in total. The molecule has 0 aliphatic carbocycles. The van der Waals surface area contributed by atoms with E-state index in [-0.39, 0.29) is 0 Å². The van der Waals surface area contributed by atoms with Gasteiger partial charge in [-0.25, -0.2) is 0 Å². The third-order valence-corrected chi connectivity index (χ3v) is 8.77. The van der Waals surface area contributed by atoms with Crippen molar-refractivity contribution < 1.29 is 8.83 Å². The lowest BCUT2D eigenvalue weighted by Crippen LogP contribution is -1.93. The summed E-state index contributed by atoms with van der Waals surface area (Å²) in [4.78, 5) is 0. The molecule has 0 amide bonds. The highest BCUT2D eigenvalue weighted by molar-refractivity contribution is 6.26. The van der Waals surface area contributed by atoms with Crippen molar-refractivity contribution in [2.45, 2.75) is 13.8 Å². The topological polar surface area (TPSA) is 26.3 Å². The molecule has 42 heavy (non-hydrogen) atoms. The zero-order valence-electron chi connectivity index (χ0n) is 23.4. The van der Waals surface area contributed by atoms with Gasteiger partial charge in [0.2, 0.25) is 0 Å². The van der Waals surface area contributed by atoms with Gasteiger partial charge in [0.25, 0.3) is 0 Å². The second kappa shape index (κ2) is 8.58. The average molecular weight is 539 g/mol. The van der Waals surface area contributed by atoms with Crippen LogP contribution in [0.3, 0.4) is 0 Å². The van der Waals surface area contributed by atoms with E-state index in [4.69, 9.17) is 8.83 Å². The highest BCUT2D eigenvalue weighted by Gasteiger charge is 2.22. The van der Waals surface area contributed by atoms with Gasteiger partial charge in [-0.05, 0) is 47.5 Å². The summed E-state index contributed by atoms with van der Waals surface area (Å²) in [5.74, 6) is 0. The van der Waals surface area contributed by atoms with Gasteiger partial charge in [0, 0.05) is 43.8 Å². The Balaban J connectivity index is 1.48. The van der Waals surface area contributed by atoms with Crippen molar-refractivity contribution in [2.24, 2.45) is 0 Å². The molecule has 0 saturated carbocycles. The molecule has 7 aromatic carbocycles. The van der Waals surface area contributed by atoms with Crippen molar-refractivity contribution in [2.75, 3.05) is 0 Å². The highest BCUT2D eigenvalue weighted by Crippen LogP contribution is 2.48. The van der Waals surface area contributed by atoms with Gasteiger partial charge in [-0.1, -0.05) is 120 Å². The predicted octanol–water partition coefficient (Wildman–Crippen LogP) is 11.7. The minimum atomic E-state index is 0.911. The molecular weight excluding hydrogens is 512 g/mol. The third kappa shape index (κ3) is 3.21. The van der Waals surface area contributed by atoms with Crippen molar-refractivity contribution in [3.63, 3.8) is 0 Å². The van der Waals surface area contributed by atoms with Gasteiger partial charge < -0.3 is 8.83 Å². The normalized spacial score (nSPS) is 12.0. The first-order valence-corrected chi connectivity index (χ1v) is 14.4. The van der Waals surface area contributed by atoms with Crippen molar-refractivity contribution in [3.05, 3.63) is 132 Å². The summed E-state index contributed by atoms with van der Waals surface area (Å²) in [7, 11) is 0. The molecule has 2 heteroatoms. The Morgan fingerprint density at radius 2 is 0.786 bits per heavy atom. The number of fused-ring (bicyclic) bond motifs is 8. The summed E-state index contributed by atoms with van der Waals surface area (Å²) in [5.41, 5.74) is 10.7. The van der Waals surface area contributed by atoms with Gasteiger partial charge >= 0.3 is 0 Å². The van der Waals surface area contributed by atoms with E-state index < -0.39 is 0 Å². The predicted molar refractivity (Wildman–Crippen MR) is 176 cm³/mol. The Kier molecular flexibility index (Phi) is 4.77. The van der Waals surface area contributed by atoms with Gasteiger partial charge in [-0.2, -0.15) is 0 Å². The number of para-hydroxylation sites is 4. The Hall–Kier alpha value is -5.34. The van der Waals surface area contributed by atoms with Crippen LogP contribution in [0.4, 0.5) is 0 Å². The van der Waals surface area contributed by atoms with Crippen molar-refractivity contribution >= 4 is 65.4 Å². The van der Waals surface area contributed by atoms with E-state index in [9.17, 15) is 0 Å². The van der Waals surface area contributed by atoms with Crippen LogP contribution in [0.25, 0.3) is 87.7 Å². The molecule has 0 bridgehead atoms. The van der Waals surface area contributed by atoms with E-state index in [2.05, 4.69) is 123 Å². The first kappa shape index (κ1) is 23.4. The van der Waals surface area contributed by atoms with Crippen LogP contribution in [0.1, 0.15) is 11.1 Å². The molecule has 0 spiro atoms. The molecule has 0 radical (unpaired) electrons. The SMILES string of the molecule is Cc1ccc2c(-c3cccc4c3oc3ccccc34)c3cc(C)ccc3c(-c3cccc4c3oc3ccccc34)c2c1. The van der Waals surface area contributed by atoms with Gasteiger partial charge in [0.05, 0.1) is 0 Å². The van der Waals surface area contributed by atoms with Crippen molar-refractivity contribution in [3.8, 4) is 22.3 Å². The zero-order chi connectivity index (χ0) is 27.9. The van der Waals surface area contributed by atoms with Crippen LogP contribution in [0.15, 0.2) is 130 Å². The fourth-order valence-electron chi connectivity index (χ4n) is 6.92. The Bertz CT molecular complexity index is 2360. The number of hydrogen-bond donors (Lipinski definition) is 0. The lowest BCUT2D eigenvalue weighted by molar-refractivity contribution is 0.669. The van der Waals surface area contributed by atoms with Gasteiger partial charge in [-0.3, -0.25) is 0 Å². The van der Waals surface area contributed by atoms with Crippen molar-refractivity contribution in [1.82, 2.24) is 0 Å². The molecule has 0 unspecified atom stereocenters. The fraction of sp³-hybridized carbons (Fsp3) is 0.0500. The summed E-state index contributed by atoms with van der Waals surface area (Å²) in [6.45, 7) is 4.34. The third-order valence-electron chi connectivity index (χ3n) is 8.77. The number of benzene rings is 7. The quantitative estimate of drug-likeness (QED) is 0.205. The monoisotopic (exact) mass is 538 g/mol. The second-order valence-corrected chi connectivity index (χ2v) is 11.4. The van der Waals surface area contributed by atoms with E-state index in [0.717, 1.165) is 55.0 Å². The zero-order valence-corrected chi connectivity index (χ0v) is 23.4.